The van der Waals surface area contributed by atoms with Gasteiger partial charge in [-0.1, -0.05) is 48.9 Å². The molecule has 1 saturated carbocycles. The lowest BCUT2D eigenvalue weighted by atomic mass is 9.62. The first-order chi connectivity index (χ1) is 18.6. The average Bonchev–Trinajstić information content (AvgIpc) is 2.87. The van der Waals surface area contributed by atoms with E-state index in [0.717, 1.165) is 30.4 Å². The SMILES string of the molecule is C=C(/C=C(OCC)\C(C)=C\OCC)CC(CCCCc1ccccc1)C(=O)CC1(C(=O)O)CC(OC(C)C)C1. The van der Waals surface area contributed by atoms with Gasteiger partial charge < -0.3 is 19.3 Å². The van der Waals surface area contributed by atoms with E-state index in [9.17, 15) is 14.7 Å². The predicted molar refractivity (Wildman–Crippen MR) is 155 cm³/mol. The van der Waals surface area contributed by atoms with Crippen LogP contribution in [0.1, 0.15) is 85.1 Å². The molecule has 1 unspecified atom stereocenters. The number of hydrogen-bond donors (Lipinski definition) is 1. The highest BCUT2D eigenvalue weighted by Gasteiger charge is 2.52. The van der Waals surface area contributed by atoms with Crippen molar-refractivity contribution in [3.63, 3.8) is 0 Å². The number of allylic oxidation sites excluding steroid dienone is 3. The molecule has 0 bridgehead atoms. The lowest BCUT2D eigenvalue weighted by molar-refractivity contribution is -0.174. The van der Waals surface area contributed by atoms with Gasteiger partial charge in [0.05, 0.1) is 37.1 Å². The molecule has 1 aliphatic carbocycles. The maximum Gasteiger partial charge on any atom is 0.310 e. The fourth-order valence-electron chi connectivity index (χ4n) is 5.16. The van der Waals surface area contributed by atoms with Gasteiger partial charge in [-0.15, -0.1) is 0 Å². The van der Waals surface area contributed by atoms with Crippen LogP contribution in [0.4, 0.5) is 0 Å². The second-order valence-corrected chi connectivity index (χ2v) is 10.9. The second kappa shape index (κ2) is 16.3. The fraction of sp³-hybridized carbons (Fsp3) is 0.576. The minimum Gasteiger partial charge on any atom is -0.501 e. The molecule has 1 aromatic rings. The third-order valence-corrected chi connectivity index (χ3v) is 7.19. The third-order valence-electron chi connectivity index (χ3n) is 7.19. The second-order valence-electron chi connectivity index (χ2n) is 10.9. The normalized spacial score (nSPS) is 20.3. The van der Waals surface area contributed by atoms with E-state index in [0.29, 0.717) is 44.7 Å². The first kappa shape index (κ1) is 32.4. The van der Waals surface area contributed by atoms with Crippen molar-refractivity contribution in [2.45, 2.75) is 98.2 Å². The summed E-state index contributed by atoms with van der Waals surface area (Å²) in [6.45, 7) is 14.9. The fourth-order valence-corrected chi connectivity index (χ4v) is 5.16. The molecule has 1 atom stereocenters. The van der Waals surface area contributed by atoms with E-state index >= 15 is 0 Å². The first-order valence-corrected chi connectivity index (χ1v) is 14.4. The number of carbonyl (C=O) groups is 2. The Morgan fingerprint density at radius 3 is 2.41 bits per heavy atom. The lowest BCUT2D eigenvalue weighted by Gasteiger charge is -2.44. The molecule has 0 aliphatic heterocycles. The molecule has 39 heavy (non-hydrogen) atoms. The van der Waals surface area contributed by atoms with Crippen molar-refractivity contribution < 1.29 is 28.9 Å². The zero-order valence-corrected chi connectivity index (χ0v) is 24.5. The molecule has 216 valence electrons. The summed E-state index contributed by atoms with van der Waals surface area (Å²) >= 11 is 0. The quantitative estimate of drug-likeness (QED) is 0.112. The van der Waals surface area contributed by atoms with Gasteiger partial charge >= 0.3 is 5.97 Å². The number of unbranched alkanes of at least 4 members (excludes halogenated alkanes) is 1. The van der Waals surface area contributed by atoms with Crippen LogP contribution in [0.15, 0.2) is 66.2 Å². The number of ketones is 1. The zero-order valence-electron chi connectivity index (χ0n) is 24.5. The minimum absolute atomic E-state index is 0.00537. The Hall–Kier alpha value is -2.86. The summed E-state index contributed by atoms with van der Waals surface area (Å²) in [5.41, 5.74) is 1.87. The average molecular weight is 541 g/mol. The smallest absolute Gasteiger partial charge is 0.310 e. The summed E-state index contributed by atoms with van der Waals surface area (Å²) in [7, 11) is 0. The van der Waals surface area contributed by atoms with E-state index in [-0.39, 0.29) is 30.3 Å². The number of aliphatic carboxylic acids is 1. The van der Waals surface area contributed by atoms with Gasteiger partial charge in [0.15, 0.2) is 0 Å². The van der Waals surface area contributed by atoms with Crippen molar-refractivity contribution in [1.82, 2.24) is 0 Å². The van der Waals surface area contributed by atoms with Gasteiger partial charge in [-0.3, -0.25) is 9.59 Å². The van der Waals surface area contributed by atoms with Gasteiger partial charge in [0.1, 0.15) is 11.5 Å². The van der Waals surface area contributed by atoms with Crippen molar-refractivity contribution in [3.8, 4) is 0 Å². The molecule has 6 nitrogen and oxygen atoms in total. The number of carboxylic acids is 1. The standard InChI is InChI=1S/C33H48O6/c1-7-37-23-26(6)31(38-8-2)19-25(5)18-28(17-13-12-16-27-14-10-9-11-15-27)30(34)22-33(32(35)36)20-29(21-33)39-24(3)4/h9-11,14-15,19,23-24,28-29H,5,7-8,12-13,16-18,20-22H2,1-4,6H3,(H,35,36)/b26-23+,31-19+. The van der Waals surface area contributed by atoms with E-state index in [1.165, 1.54) is 5.56 Å². The summed E-state index contributed by atoms with van der Waals surface area (Å²) < 4.78 is 17.1. The van der Waals surface area contributed by atoms with E-state index in [4.69, 9.17) is 14.2 Å². The van der Waals surface area contributed by atoms with E-state index in [1.54, 1.807) is 6.26 Å². The van der Waals surface area contributed by atoms with Crippen molar-refractivity contribution in [1.29, 1.82) is 0 Å². The molecular weight excluding hydrogens is 492 g/mol. The summed E-state index contributed by atoms with van der Waals surface area (Å²) in [5.74, 6) is -0.545. The number of benzene rings is 1. The number of carboxylic acid groups (broad SMARTS) is 1. The third kappa shape index (κ3) is 10.7. The molecule has 1 fully saturated rings. The van der Waals surface area contributed by atoms with Gasteiger partial charge in [0.25, 0.3) is 0 Å². The lowest BCUT2D eigenvalue weighted by Crippen LogP contribution is -2.50. The van der Waals surface area contributed by atoms with Crippen molar-refractivity contribution >= 4 is 11.8 Å². The van der Waals surface area contributed by atoms with Crippen LogP contribution in [0.25, 0.3) is 0 Å². The highest BCUT2D eigenvalue weighted by Crippen LogP contribution is 2.47. The van der Waals surface area contributed by atoms with Crippen LogP contribution in [0, 0.1) is 11.3 Å². The molecule has 2 rings (SSSR count). The molecule has 0 heterocycles. The summed E-state index contributed by atoms with van der Waals surface area (Å²) in [5, 5.41) is 10.0. The number of carbonyl (C=O) groups excluding carboxylic acids is 1. The van der Waals surface area contributed by atoms with Gasteiger partial charge in [-0.05, 0) is 84.8 Å². The molecule has 0 aromatic heterocycles. The molecular formula is C33H48O6. The Kier molecular flexibility index (Phi) is 13.5. The summed E-state index contributed by atoms with van der Waals surface area (Å²) in [4.78, 5) is 25.9. The van der Waals surface area contributed by atoms with Gasteiger partial charge in [0.2, 0.25) is 0 Å². The predicted octanol–water partition coefficient (Wildman–Crippen LogP) is 7.44. The van der Waals surface area contributed by atoms with Crippen LogP contribution in [0.2, 0.25) is 0 Å². The van der Waals surface area contributed by atoms with E-state index < -0.39 is 11.4 Å². The maximum absolute atomic E-state index is 13.6. The highest BCUT2D eigenvalue weighted by atomic mass is 16.5. The molecule has 0 amide bonds. The molecule has 1 aromatic carbocycles. The van der Waals surface area contributed by atoms with E-state index in [2.05, 4.69) is 18.7 Å². The molecule has 1 N–H and O–H groups in total. The first-order valence-electron chi connectivity index (χ1n) is 14.4. The van der Waals surface area contributed by atoms with Crippen LogP contribution in [-0.2, 0) is 30.2 Å². The van der Waals surface area contributed by atoms with Crippen LogP contribution >= 0.6 is 0 Å². The van der Waals surface area contributed by atoms with E-state index in [1.807, 2.05) is 58.9 Å². The Morgan fingerprint density at radius 1 is 1.13 bits per heavy atom. The maximum atomic E-state index is 13.6. The molecule has 1 aliphatic rings. The molecule has 0 radical (unpaired) electrons. The Bertz CT molecular complexity index is 985. The molecule has 0 spiro atoms. The van der Waals surface area contributed by atoms with Crippen molar-refractivity contribution in [3.05, 3.63) is 71.7 Å². The number of ether oxygens (including phenoxy) is 3. The number of rotatable bonds is 19. The number of hydrogen-bond acceptors (Lipinski definition) is 5. The van der Waals surface area contributed by atoms with Gasteiger partial charge in [-0.25, -0.2) is 0 Å². The van der Waals surface area contributed by atoms with Crippen LogP contribution in [-0.4, -0.2) is 42.3 Å². The zero-order chi connectivity index (χ0) is 28.8. The molecule has 0 saturated heterocycles. The monoisotopic (exact) mass is 540 g/mol. The number of Topliss-reactive ketones (excluding diaryl/α,β-unsaturated/α-hetero) is 1. The van der Waals surface area contributed by atoms with Crippen LogP contribution in [0.5, 0.6) is 0 Å². The minimum atomic E-state index is -1.04. The van der Waals surface area contributed by atoms with Crippen molar-refractivity contribution in [2.24, 2.45) is 11.3 Å². The largest absolute Gasteiger partial charge is 0.501 e. The molecule has 6 heteroatoms. The Balaban J connectivity index is 2.14. The van der Waals surface area contributed by atoms with Crippen LogP contribution < -0.4 is 0 Å². The topological polar surface area (TPSA) is 82.1 Å². The Morgan fingerprint density at radius 2 is 1.82 bits per heavy atom. The van der Waals surface area contributed by atoms with Crippen molar-refractivity contribution in [2.75, 3.05) is 13.2 Å². The highest BCUT2D eigenvalue weighted by molar-refractivity contribution is 5.88. The van der Waals surface area contributed by atoms with Gasteiger partial charge in [-0.2, -0.15) is 0 Å². The van der Waals surface area contributed by atoms with Crippen LogP contribution in [0.3, 0.4) is 0 Å². The Labute approximate surface area is 235 Å². The number of aryl methyl sites for hydroxylation is 1. The summed E-state index contributed by atoms with van der Waals surface area (Å²) in [6, 6.07) is 10.3. The van der Waals surface area contributed by atoms with Gasteiger partial charge in [0, 0.05) is 17.9 Å². The summed E-state index contributed by atoms with van der Waals surface area (Å²) in [6.07, 6.45) is 8.21.